The maximum absolute atomic E-state index is 12.9. The molecule has 7 heteroatoms. The van der Waals surface area contributed by atoms with Crippen molar-refractivity contribution in [2.75, 3.05) is 5.32 Å². The number of benzene rings is 4. The van der Waals surface area contributed by atoms with Crippen molar-refractivity contribution in [2.24, 2.45) is 0 Å². The van der Waals surface area contributed by atoms with Gasteiger partial charge in [0.1, 0.15) is 0 Å². The molecule has 194 valence electrons. The number of esters is 1. The van der Waals surface area contributed by atoms with Gasteiger partial charge in [0.2, 0.25) is 0 Å². The van der Waals surface area contributed by atoms with E-state index < -0.39 is 18.0 Å². The van der Waals surface area contributed by atoms with Crippen molar-refractivity contribution in [1.82, 2.24) is 9.97 Å². The largest absolute Gasteiger partial charge is 0.449 e. The highest BCUT2D eigenvalue weighted by atomic mass is 35.5. The van der Waals surface area contributed by atoms with Crippen LogP contribution in [0.4, 0.5) is 5.69 Å². The molecule has 0 aliphatic rings. The first-order valence-corrected chi connectivity index (χ1v) is 12.9. The molecule has 1 atom stereocenters. The first-order chi connectivity index (χ1) is 18.8. The second-order valence-corrected chi connectivity index (χ2v) is 9.84. The first-order valence-electron chi connectivity index (χ1n) is 12.5. The van der Waals surface area contributed by atoms with Gasteiger partial charge in [0.05, 0.1) is 28.0 Å². The second kappa shape index (κ2) is 11.1. The van der Waals surface area contributed by atoms with E-state index in [0.717, 1.165) is 27.9 Å². The van der Waals surface area contributed by atoms with E-state index >= 15 is 0 Å². The Morgan fingerprint density at radius 3 is 1.85 bits per heavy atom. The maximum Gasteiger partial charge on any atom is 0.338 e. The lowest BCUT2D eigenvalue weighted by atomic mass is 10.0. The van der Waals surface area contributed by atoms with Crippen LogP contribution in [0.1, 0.15) is 28.4 Å². The lowest BCUT2D eigenvalue weighted by molar-refractivity contribution is -0.123. The molecule has 0 aliphatic carbocycles. The van der Waals surface area contributed by atoms with Gasteiger partial charge >= 0.3 is 5.97 Å². The van der Waals surface area contributed by atoms with Crippen LogP contribution < -0.4 is 5.32 Å². The average Bonchev–Trinajstić information content (AvgIpc) is 2.94. The maximum atomic E-state index is 12.9. The van der Waals surface area contributed by atoms with Gasteiger partial charge in [-0.05, 0) is 63.2 Å². The van der Waals surface area contributed by atoms with Gasteiger partial charge in [-0.3, -0.25) is 4.79 Å². The van der Waals surface area contributed by atoms with Gasteiger partial charge in [-0.2, -0.15) is 0 Å². The van der Waals surface area contributed by atoms with Crippen molar-refractivity contribution in [3.05, 3.63) is 113 Å². The van der Waals surface area contributed by atoms with Crippen LogP contribution in [0.3, 0.4) is 0 Å². The highest BCUT2D eigenvalue weighted by Gasteiger charge is 2.20. The molecule has 39 heavy (non-hydrogen) atoms. The number of rotatable bonds is 6. The normalized spacial score (nSPS) is 11.7. The molecule has 0 bridgehead atoms. The molecular formula is C32H26ClN3O3. The van der Waals surface area contributed by atoms with Gasteiger partial charge in [-0.25, -0.2) is 14.8 Å². The Morgan fingerprint density at radius 2 is 1.28 bits per heavy atom. The van der Waals surface area contributed by atoms with Crippen LogP contribution in [0.5, 0.6) is 0 Å². The highest BCUT2D eigenvalue weighted by Crippen LogP contribution is 2.31. The van der Waals surface area contributed by atoms with Gasteiger partial charge in [0.15, 0.2) is 6.10 Å². The third kappa shape index (κ3) is 5.97. The molecule has 1 aromatic heterocycles. The van der Waals surface area contributed by atoms with Crippen molar-refractivity contribution < 1.29 is 14.3 Å². The Bertz CT molecular complexity index is 1670. The number of carbonyl (C=O) groups is 2. The molecule has 5 rings (SSSR count). The molecule has 1 N–H and O–H groups in total. The molecule has 1 amide bonds. The molecule has 1 heterocycles. The summed E-state index contributed by atoms with van der Waals surface area (Å²) in [5.74, 6) is -1.08. The number of carbonyl (C=O) groups excluding carboxylic acids is 2. The molecule has 6 nitrogen and oxygen atoms in total. The zero-order valence-electron chi connectivity index (χ0n) is 21.7. The minimum Gasteiger partial charge on any atom is -0.449 e. The van der Waals surface area contributed by atoms with Crippen LogP contribution in [0.15, 0.2) is 91.0 Å². The molecule has 5 aromatic rings. The Kier molecular flexibility index (Phi) is 7.39. The first kappa shape index (κ1) is 26.1. The Morgan fingerprint density at radius 1 is 0.744 bits per heavy atom. The van der Waals surface area contributed by atoms with Gasteiger partial charge in [0.25, 0.3) is 5.91 Å². The topological polar surface area (TPSA) is 81.2 Å². The summed E-state index contributed by atoms with van der Waals surface area (Å²) in [7, 11) is 0. The fourth-order valence-corrected chi connectivity index (χ4v) is 4.19. The number of hydrogen-bond donors (Lipinski definition) is 1. The smallest absolute Gasteiger partial charge is 0.338 e. The fraction of sp³-hybridized carbons (Fsp3) is 0.125. The summed E-state index contributed by atoms with van der Waals surface area (Å²) in [6.45, 7) is 5.60. The quantitative estimate of drug-likeness (QED) is 0.229. The van der Waals surface area contributed by atoms with E-state index in [1.807, 2.05) is 62.4 Å². The predicted octanol–water partition coefficient (Wildman–Crippen LogP) is 7.42. The molecule has 4 aromatic carbocycles. The van der Waals surface area contributed by atoms with Gasteiger partial charge in [-0.1, -0.05) is 71.3 Å². The summed E-state index contributed by atoms with van der Waals surface area (Å²) in [5.41, 5.74) is 7.68. The van der Waals surface area contributed by atoms with E-state index in [4.69, 9.17) is 26.3 Å². The van der Waals surface area contributed by atoms with Crippen LogP contribution in [0.2, 0.25) is 5.02 Å². The number of nitrogens with one attached hydrogen (secondary N) is 1. The van der Waals surface area contributed by atoms with Crippen molar-refractivity contribution in [3.63, 3.8) is 0 Å². The number of aryl methyl sites for hydroxylation is 2. The monoisotopic (exact) mass is 535 g/mol. The van der Waals surface area contributed by atoms with Crippen molar-refractivity contribution in [2.45, 2.75) is 26.9 Å². The SMILES string of the molecule is Cc1ccc(-c2nc3ccc(C(=O)OC(C)C(=O)Nc4ccc(Cl)cc4)cc3nc2-c2ccc(C)cc2)cc1. The number of amides is 1. The molecule has 0 saturated heterocycles. The molecule has 0 saturated carbocycles. The minimum absolute atomic E-state index is 0.279. The average molecular weight is 536 g/mol. The second-order valence-electron chi connectivity index (χ2n) is 9.40. The Hall–Kier alpha value is -4.55. The van der Waals surface area contributed by atoms with Gasteiger partial charge in [0, 0.05) is 21.8 Å². The molecule has 0 spiro atoms. The van der Waals surface area contributed by atoms with Crippen LogP contribution in [-0.4, -0.2) is 27.9 Å². The Labute approximate surface area is 231 Å². The number of nitrogens with zero attached hydrogens (tertiary/aromatic N) is 2. The van der Waals surface area contributed by atoms with Crippen LogP contribution in [0, 0.1) is 13.8 Å². The molecular weight excluding hydrogens is 510 g/mol. The summed E-state index contributed by atoms with van der Waals surface area (Å²) in [5, 5.41) is 3.27. The number of halogens is 1. The third-order valence-corrected chi connectivity index (χ3v) is 6.57. The third-order valence-electron chi connectivity index (χ3n) is 6.31. The number of ether oxygens (including phenoxy) is 1. The van der Waals surface area contributed by atoms with E-state index in [0.29, 0.717) is 27.4 Å². The van der Waals surface area contributed by atoms with Crippen LogP contribution in [-0.2, 0) is 9.53 Å². The van der Waals surface area contributed by atoms with Crippen LogP contribution in [0.25, 0.3) is 33.5 Å². The minimum atomic E-state index is -1.01. The van der Waals surface area contributed by atoms with Crippen molar-refractivity contribution >= 4 is 40.2 Å². The number of hydrogen-bond acceptors (Lipinski definition) is 5. The zero-order chi connectivity index (χ0) is 27.5. The lowest BCUT2D eigenvalue weighted by Crippen LogP contribution is -2.30. The number of fused-ring (bicyclic) bond motifs is 1. The molecule has 0 aliphatic heterocycles. The van der Waals surface area contributed by atoms with E-state index in [1.165, 1.54) is 6.92 Å². The standard InChI is InChI=1S/C32H26ClN3O3/c1-19-4-8-22(9-5-19)29-30(23-10-6-20(2)7-11-23)36-28-18-24(12-17-27(28)35-29)32(38)39-21(3)31(37)34-26-15-13-25(33)14-16-26/h4-18,21H,1-3H3,(H,34,37). The van der Waals surface area contributed by atoms with Crippen LogP contribution >= 0.6 is 11.6 Å². The van der Waals surface area contributed by atoms with Gasteiger partial charge in [-0.15, -0.1) is 0 Å². The number of anilines is 1. The summed E-state index contributed by atoms with van der Waals surface area (Å²) >= 11 is 5.89. The summed E-state index contributed by atoms with van der Waals surface area (Å²) in [6, 6.07) is 28.0. The van der Waals surface area contributed by atoms with Crippen molar-refractivity contribution in [3.8, 4) is 22.5 Å². The summed E-state index contributed by atoms with van der Waals surface area (Å²) in [6.07, 6.45) is -1.01. The predicted molar refractivity (Wildman–Crippen MR) is 155 cm³/mol. The molecule has 1 unspecified atom stereocenters. The van der Waals surface area contributed by atoms with E-state index in [1.54, 1.807) is 42.5 Å². The number of aromatic nitrogens is 2. The van der Waals surface area contributed by atoms with E-state index in [-0.39, 0.29) is 5.56 Å². The lowest BCUT2D eigenvalue weighted by Gasteiger charge is -2.14. The van der Waals surface area contributed by atoms with Gasteiger partial charge < -0.3 is 10.1 Å². The Balaban J connectivity index is 1.44. The molecule has 0 radical (unpaired) electrons. The zero-order valence-corrected chi connectivity index (χ0v) is 22.5. The fourth-order valence-electron chi connectivity index (χ4n) is 4.07. The van der Waals surface area contributed by atoms with Crippen molar-refractivity contribution in [1.29, 1.82) is 0 Å². The van der Waals surface area contributed by atoms with E-state index in [2.05, 4.69) is 5.32 Å². The molecule has 0 fully saturated rings. The van der Waals surface area contributed by atoms with E-state index in [9.17, 15) is 9.59 Å². The highest BCUT2D eigenvalue weighted by molar-refractivity contribution is 6.30. The summed E-state index contributed by atoms with van der Waals surface area (Å²) < 4.78 is 5.45. The summed E-state index contributed by atoms with van der Waals surface area (Å²) in [4.78, 5) is 35.4.